The summed E-state index contributed by atoms with van der Waals surface area (Å²) in [6, 6.07) is 8.53. The molecule has 110 valence electrons. The average molecular weight is 287 g/mol. The van der Waals surface area contributed by atoms with Gasteiger partial charge >= 0.3 is 0 Å². The molecule has 0 saturated carbocycles. The van der Waals surface area contributed by atoms with Crippen molar-refractivity contribution in [1.82, 2.24) is 15.6 Å². The van der Waals surface area contributed by atoms with E-state index in [4.69, 9.17) is 5.11 Å². The maximum Gasteiger partial charge on any atom is 0.268 e. The van der Waals surface area contributed by atoms with Crippen LogP contribution in [0.15, 0.2) is 42.7 Å². The van der Waals surface area contributed by atoms with Crippen LogP contribution in [0.25, 0.3) is 10.9 Å². The summed E-state index contributed by atoms with van der Waals surface area (Å²) in [5.41, 5.74) is 1.25. The summed E-state index contributed by atoms with van der Waals surface area (Å²) in [6.07, 6.45) is 0. The highest BCUT2D eigenvalue weighted by atomic mass is 16.3. The molecule has 1 unspecified atom stereocenters. The number of carbonyl (C=O) groups excluding carboxylic acids is 2. The number of rotatable bonds is 5. The Balaban J connectivity index is 2.00. The van der Waals surface area contributed by atoms with E-state index in [1.54, 1.807) is 13.0 Å². The Kier molecular flexibility index (Phi) is 4.27. The van der Waals surface area contributed by atoms with Crippen LogP contribution in [0.1, 0.15) is 17.4 Å². The summed E-state index contributed by atoms with van der Waals surface area (Å²) in [6.45, 7) is 4.80. The van der Waals surface area contributed by atoms with Crippen LogP contribution in [0.3, 0.4) is 0 Å². The van der Waals surface area contributed by atoms with Crippen molar-refractivity contribution >= 4 is 22.7 Å². The summed E-state index contributed by atoms with van der Waals surface area (Å²) in [5, 5.41) is 14.9. The number of hydrogen-bond acceptors (Lipinski definition) is 3. The fourth-order valence-corrected chi connectivity index (χ4v) is 1.88. The Morgan fingerprint density at radius 3 is 2.76 bits per heavy atom. The lowest BCUT2D eigenvalue weighted by atomic mass is 10.2. The van der Waals surface area contributed by atoms with Gasteiger partial charge in [0.2, 0.25) is 5.91 Å². The Hall–Kier alpha value is -2.76. The fourth-order valence-electron chi connectivity index (χ4n) is 1.88. The third kappa shape index (κ3) is 3.62. The number of H-pyrrole nitrogens is 1. The zero-order valence-electron chi connectivity index (χ0n) is 11.6. The highest BCUT2D eigenvalue weighted by molar-refractivity contribution is 6.00. The molecule has 6 nitrogen and oxygen atoms in total. The topological polar surface area (TPSA) is 94.2 Å². The van der Waals surface area contributed by atoms with Gasteiger partial charge in [-0.2, -0.15) is 0 Å². The highest BCUT2D eigenvalue weighted by Gasteiger charge is 2.17. The van der Waals surface area contributed by atoms with Gasteiger partial charge in [-0.3, -0.25) is 9.59 Å². The van der Waals surface area contributed by atoms with E-state index in [2.05, 4.69) is 22.2 Å². The molecule has 4 N–H and O–H groups in total. The van der Waals surface area contributed by atoms with E-state index in [0.717, 1.165) is 10.9 Å². The van der Waals surface area contributed by atoms with E-state index >= 15 is 0 Å². The second kappa shape index (κ2) is 6.13. The molecule has 0 spiro atoms. The van der Waals surface area contributed by atoms with Crippen LogP contribution >= 0.6 is 0 Å². The molecular weight excluding hydrogens is 270 g/mol. The molecule has 0 saturated heterocycles. The van der Waals surface area contributed by atoms with Crippen LogP contribution in [-0.2, 0) is 4.79 Å². The molecule has 1 heterocycles. The minimum absolute atomic E-state index is 0.0363. The standard InChI is InChI=1S/C15H17N3O3/c1-9(19)8-16-14(20)10(2)17-15(21)13-7-11-5-3-4-6-12(11)18-13/h3-7,10,18-19H,1,8H2,2H3,(H,16,20)(H,17,21). The largest absolute Gasteiger partial charge is 0.511 e. The normalized spacial score (nSPS) is 11.9. The highest BCUT2D eigenvalue weighted by Crippen LogP contribution is 2.14. The smallest absolute Gasteiger partial charge is 0.268 e. The van der Waals surface area contributed by atoms with E-state index in [-0.39, 0.29) is 18.2 Å². The maximum atomic E-state index is 12.1. The zero-order valence-corrected chi connectivity index (χ0v) is 11.6. The molecule has 1 aromatic carbocycles. The minimum Gasteiger partial charge on any atom is -0.511 e. The van der Waals surface area contributed by atoms with Crippen molar-refractivity contribution in [2.24, 2.45) is 0 Å². The molecule has 21 heavy (non-hydrogen) atoms. The van der Waals surface area contributed by atoms with Gasteiger partial charge < -0.3 is 20.7 Å². The number of aliphatic hydroxyl groups excluding tert-OH is 1. The number of fused-ring (bicyclic) bond motifs is 1. The number of aromatic nitrogens is 1. The Bertz CT molecular complexity index is 657. The number of hydrogen-bond donors (Lipinski definition) is 4. The van der Waals surface area contributed by atoms with Gasteiger partial charge in [-0.15, -0.1) is 0 Å². The van der Waals surface area contributed by atoms with Gasteiger partial charge in [0, 0.05) is 10.9 Å². The van der Waals surface area contributed by atoms with Gasteiger partial charge in [0.25, 0.3) is 5.91 Å². The number of benzene rings is 1. The van der Waals surface area contributed by atoms with Gasteiger partial charge in [0.1, 0.15) is 17.5 Å². The molecule has 2 aromatic rings. The van der Waals surface area contributed by atoms with Crippen LogP contribution in [0.5, 0.6) is 0 Å². The molecule has 1 aromatic heterocycles. The maximum absolute atomic E-state index is 12.1. The fraction of sp³-hybridized carbons (Fsp3) is 0.200. The SMILES string of the molecule is C=C(O)CNC(=O)C(C)NC(=O)c1cc2ccccc2[nH]1. The third-order valence-electron chi connectivity index (χ3n) is 2.98. The summed E-state index contributed by atoms with van der Waals surface area (Å²) < 4.78 is 0. The van der Waals surface area contributed by atoms with Crippen molar-refractivity contribution in [3.8, 4) is 0 Å². The minimum atomic E-state index is -0.719. The van der Waals surface area contributed by atoms with Crippen molar-refractivity contribution in [2.75, 3.05) is 6.54 Å². The molecule has 6 heteroatoms. The van der Waals surface area contributed by atoms with E-state index in [1.165, 1.54) is 0 Å². The van der Waals surface area contributed by atoms with E-state index in [0.29, 0.717) is 5.69 Å². The van der Waals surface area contributed by atoms with Gasteiger partial charge in [0.05, 0.1) is 6.54 Å². The second-order valence-corrected chi connectivity index (χ2v) is 4.75. The van der Waals surface area contributed by atoms with Crippen molar-refractivity contribution in [2.45, 2.75) is 13.0 Å². The van der Waals surface area contributed by atoms with Crippen LogP contribution < -0.4 is 10.6 Å². The van der Waals surface area contributed by atoms with Gasteiger partial charge in [0.15, 0.2) is 0 Å². The molecule has 2 amide bonds. The first-order chi connectivity index (χ1) is 9.97. The molecule has 0 aliphatic heterocycles. The van der Waals surface area contributed by atoms with Gasteiger partial charge in [-0.25, -0.2) is 0 Å². The lowest BCUT2D eigenvalue weighted by Crippen LogP contribution is -2.45. The van der Waals surface area contributed by atoms with Crippen molar-refractivity contribution < 1.29 is 14.7 Å². The van der Waals surface area contributed by atoms with Gasteiger partial charge in [-0.1, -0.05) is 24.8 Å². The first kappa shape index (κ1) is 14.6. The van der Waals surface area contributed by atoms with Crippen molar-refractivity contribution in [3.63, 3.8) is 0 Å². The van der Waals surface area contributed by atoms with E-state index in [9.17, 15) is 9.59 Å². The summed E-state index contributed by atoms with van der Waals surface area (Å²) >= 11 is 0. The first-order valence-corrected chi connectivity index (χ1v) is 6.50. The summed E-state index contributed by atoms with van der Waals surface area (Å²) in [7, 11) is 0. The van der Waals surface area contributed by atoms with Crippen molar-refractivity contribution in [3.05, 3.63) is 48.4 Å². The van der Waals surface area contributed by atoms with Crippen LogP contribution in [0.4, 0.5) is 0 Å². The van der Waals surface area contributed by atoms with E-state index < -0.39 is 11.9 Å². The summed E-state index contributed by atoms with van der Waals surface area (Å²) in [5.74, 6) is -0.899. The van der Waals surface area contributed by atoms with Crippen molar-refractivity contribution in [1.29, 1.82) is 0 Å². The Morgan fingerprint density at radius 1 is 1.38 bits per heavy atom. The predicted molar refractivity (Wildman–Crippen MR) is 80.0 cm³/mol. The number of aromatic amines is 1. The monoisotopic (exact) mass is 287 g/mol. The quantitative estimate of drug-likeness (QED) is 0.627. The number of amides is 2. The van der Waals surface area contributed by atoms with Crippen LogP contribution in [0.2, 0.25) is 0 Å². The lowest BCUT2D eigenvalue weighted by Gasteiger charge is -2.13. The molecule has 0 aliphatic rings. The average Bonchev–Trinajstić information content (AvgIpc) is 2.88. The zero-order chi connectivity index (χ0) is 15.4. The van der Waals surface area contributed by atoms with E-state index in [1.807, 2.05) is 24.3 Å². The number of aliphatic hydroxyl groups is 1. The number of carbonyl (C=O) groups is 2. The second-order valence-electron chi connectivity index (χ2n) is 4.75. The Labute approximate surface area is 121 Å². The van der Waals surface area contributed by atoms with Gasteiger partial charge in [-0.05, 0) is 19.1 Å². The molecule has 0 fully saturated rings. The molecule has 1 atom stereocenters. The Morgan fingerprint density at radius 2 is 2.10 bits per heavy atom. The number of para-hydroxylation sites is 1. The lowest BCUT2D eigenvalue weighted by molar-refractivity contribution is -0.122. The van der Waals surface area contributed by atoms with Crippen LogP contribution in [-0.4, -0.2) is 34.5 Å². The number of nitrogens with one attached hydrogen (secondary N) is 3. The molecule has 2 rings (SSSR count). The summed E-state index contributed by atoms with van der Waals surface area (Å²) in [4.78, 5) is 26.8. The third-order valence-corrected chi connectivity index (χ3v) is 2.98. The molecular formula is C15H17N3O3. The van der Waals surface area contributed by atoms with Crippen LogP contribution in [0, 0.1) is 0 Å². The first-order valence-electron chi connectivity index (χ1n) is 6.50. The predicted octanol–water partition coefficient (Wildman–Crippen LogP) is 1.47. The molecule has 0 aliphatic carbocycles. The molecule has 0 bridgehead atoms. The molecule has 0 radical (unpaired) electrons.